The number of nitrogens with zero attached hydrogens (tertiary/aromatic N) is 2. The summed E-state index contributed by atoms with van der Waals surface area (Å²) in [6.45, 7) is 0.827. The molecule has 0 aromatic carbocycles. The zero-order valence-corrected chi connectivity index (χ0v) is 11.9. The van der Waals surface area contributed by atoms with E-state index in [-0.39, 0.29) is 0 Å². The van der Waals surface area contributed by atoms with Crippen LogP contribution in [0.1, 0.15) is 4.88 Å². The van der Waals surface area contributed by atoms with Crippen molar-refractivity contribution < 1.29 is 0 Å². The first-order valence-electron chi connectivity index (χ1n) is 4.99. The van der Waals surface area contributed by atoms with Gasteiger partial charge in [-0.05, 0) is 27.4 Å². The van der Waals surface area contributed by atoms with Crippen molar-refractivity contribution in [2.24, 2.45) is 0 Å². The summed E-state index contributed by atoms with van der Waals surface area (Å²) in [6, 6.07) is 4.18. The number of anilines is 1. The van der Waals surface area contributed by atoms with Gasteiger partial charge in [0.15, 0.2) is 0 Å². The molecule has 3 aromatic rings. The van der Waals surface area contributed by atoms with Crippen molar-refractivity contribution in [2.75, 3.05) is 5.32 Å². The van der Waals surface area contributed by atoms with Crippen LogP contribution in [0.2, 0.25) is 0 Å². The van der Waals surface area contributed by atoms with Gasteiger partial charge in [-0.15, -0.1) is 27.8 Å². The second-order valence-corrected chi connectivity index (χ2v) is 6.22. The van der Waals surface area contributed by atoms with Crippen molar-refractivity contribution in [3.05, 3.63) is 38.4 Å². The molecule has 17 heavy (non-hydrogen) atoms. The Bertz CT molecular complexity index is 633. The number of hydrogen-bond acceptors (Lipinski definition) is 5. The molecule has 0 saturated heterocycles. The van der Waals surface area contributed by atoms with E-state index in [0.29, 0.717) is 0 Å². The van der Waals surface area contributed by atoms with Crippen molar-refractivity contribution in [3.8, 4) is 0 Å². The number of thiophene rings is 2. The summed E-state index contributed by atoms with van der Waals surface area (Å²) < 4.78 is 2.15. The number of aromatic nitrogens is 2. The average Bonchev–Trinajstić information content (AvgIpc) is 2.97. The number of nitrogens with one attached hydrogen (secondary N) is 1. The lowest BCUT2D eigenvalue weighted by Crippen LogP contribution is -1.98. The molecule has 0 saturated carbocycles. The molecule has 0 unspecified atom stereocenters. The van der Waals surface area contributed by atoms with Gasteiger partial charge in [0.1, 0.15) is 5.52 Å². The van der Waals surface area contributed by atoms with Crippen LogP contribution in [0.5, 0.6) is 0 Å². The monoisotopic (exact) mass is 325 g/mol. The Kier molecular flexibility index (Phi) is 3.09. The van der Waals surface area contributed by atoms with Gasteiger partial charge in [0.2, 0.25) is 0 Å². The molecule has 3 heterocycles. The highest BCUT2D eigenvalue weighted by molar-refractivity contribution is 9.10. The van der Waals surface area contributed by atoms with Crippen molar-refractivity contribution in [1.82, 2.24) is 10.2 Å². The summed E-state index contributed by atoms with van der Waals surface area (Å²) in [4.78, 5) is 1.31. The Hall–Kier alpha value is -0.980. The van der Waals surface area contributed by atoms with E-state index >= 15 is 0 Å². The Morgan fingerprint density at radius 1 is 1.35 bits per heavy atom. The molecule has 0 aliphatic rings. The number of halogens is 1. The summed E-state index contributed by atoms with van der Waals surface area (Å²) in [5.41, 5.74) is 1.96. The number of fused-ring (bicyclic) bond motifs is 1. The first kappa shape index (κ1) is 11.1. The Balaban J connectivity index is 1.90. The van der Waals surface area contributed by atoms with Gasteiger partial charge in [0.05, 0.1) is 21.1 Å². The largest absolute Gasteiger partial charge is 0.378 e. The zero-order chi connectivity index (χ0) is 11.7. The zero-order valence-electron chi connectivity index (χ0n) is 8.68. The van der Waals surface area contributed by atoms with E-state index < -0.39 is 0 Å². The maximum atomic E-state index is 4.12. The highest BCUT2D eigenvalue weighted by Crippen LogP contribution is 2.33. The van der Waals surface area contributed by atoms with E-state index in [4.69, 9.17) is 0 Å². The van der Waals surface area contributed by atoms with Crippen LogP contribution in [0.3, 0.4) is 0 Å². The highest BCUT2D eigenvalue weighted by Gasteiger charge is 2.08. The van der Waals surface area contributed by atoms with Gasteiger partial charge in [0, 0.05) is 16.8 Å². The molecule has 0 radical (unpaired) electrons. The molecule has 3 aromatic heterocycles. The van der Waals surface area contributed by atoms with Crippen LogP contribution in [-0.4, -0.2) is 10.2 Å². The molecular formula is C11H8BrN3S2. The first-order valence-corrected chi connectivity index (χ1v) is 7.54. The molecule has 1 N–H and O–H groups in total. The standard InChI is InChI=1S/C11H8BrN3S2/c12-8-6-17-11-9(5-14-15-10(8)11)13-4-7-2-1-3-16-7/h1-3,5-6H,4H2,(H,13,15). The molecule has 0 spiro atoms. The maximum absolute atomic E-state index is 4.12. The quantitative estimate of drug-likeness (QED) is 0.786. The molecule has 3 nitrogen and oxygen atoms in total. The van der Waals surface area contributed by atoms with Crippen LogP contribution in [0, 0.1) is 0 Å². The lowest BCUT2D eigenvalue weighted by Gasteiger charge is -2.04. The van der Waals surface area contributed by atoms with Crippen LogP contribution < -0.4 is 5.32 Å². The summed E-state index contributed by atoms with van der Waals surface area (Å²) in [5, 5.41) is 15.7. The van der Waals surface area contributed by atoms with E-state index in [1.807, 2.05) is 5.38 Å². The maximum Gasteiger partial charge on any atom is 0.120 e. The average molecular weight is 326 g/mol. The van der Waals surface area contributed by atoms with Crippen LogP contribution >= 0.6 is 38.6 Å². The van der Waals surface area contributed by atoms with E-state index in [9.17, 15) is 0 Å². The molecule has 6 heteroatoms. The second-order valence-electron chi connectivity index (χ2n) is 3.45. The molecule has 0 atom stereocenters. The predicted molar refractivity (Wildman–Crippen MR) is 76.8 cm³/mol. The minimum Gasteiger partial charge on any atom is -0.378 e. The van der Waals surface area contributed by atoms with Gasteiger partial charge in [-0.25, -0.2) is 0 Å². The molecule has 0 fully saturated rings. The van der Waals surface area contributed by atoms with E-state index in [0.717, 1.165) is 26.9 Å². The van der Waals surface area contributed by atoms with E-state index in [1.165, 1.54) is 4.88 Å². The summed E-state index contributed by atoms with van der Waals surface area (Å²) in [7, 11) is 0. The van der Waals surface area contributed by atoms with Gasteiger partial charge in [-0.3, -0.25) is 0 Å². The van der Waals surface area contributed by atoms with Crippen molar-refractivity contribution in [3.63, 3.8) is 0 Å². The molecule has 86 valence electrons. The lowest BCUT2D eigenvalue weighted by molar-refractivity contribution is 1.07. The van der Waals surface area contributed by atoms with Gasteiger partial charge in [0.25, 0.3) is 0 Å². The van der Waals surface area contributed by atoms with Crippen LogP contribution in [0.15, 0.2) is 33.6 Å². The fourth-order valence-electron chi connectivity index (χ4n) is 1.54. The molecule has 0 bridgehead atoms. The molecule has 0 amide bonds. The van der Waals surface area contributed by atoms with Crippen molar-refractivity contribution >= 4 is 54.5 Å². The van der Waals surface area contributed by atoms with Crippen LogP contribution in [0.25, 0.3) is 10.2 Å². The first-order chi connectivity index (χ1) is 8.34. The summed E-state index contributed by atoms with van der Waals surface area (Å²) >= 11 is 6.89. The van der Waals surface area contributed by atoms with E-state index in [2.05, 4.69) is 49.0 Å². The number of rotatable bonds is 3. The third kappa shape index (κ3) is 2.20. The Labute approximate surface area is 115 Å². The third-order valence-electron chi connectivity index (χ3n) is 2.34. The normalized spacial score (nSPS) is 10.9. The van der Waals surface area contributed by atoms with Crippen LogP contribution in [0.4, 0.5) is 5.69 Å². The van der Waals surface area contributed by atoms with Gasteiger partial charge in [-0.1, -0.05) is 6.07 Å². The van der Waals surface area contributed by atoms with Gasteiger partial charge >= 0.3 is 0 Å². The fraction of sp³-hybridized carbons (Fsp3) is 0.0909. The van der Waals surface area contributed by atoms with E-state index in [1.54, 1.807) is 28.9 Å². The summed E-state index contributed by atoms with van der Waals surface area (Å²) in [6.07, 6.45) is 1.78. The smallest absolute Gasteiger partial charge is 0.120 e. The Morgan fingerprint density at radius 2 is 2.29 bits per heavy atom. The third-order valence-corrected chi connectivity index (χ3v) is 5.13. The molecular weight excluding hydrogens is 318 g/mol. The second kappa shape index (κ2) is 4.72. The van der Waals surface area contributed by atoms with Crippen LogP contribution in [-0.2, 0) is 6.54 Å². The topological polar surface area (TPSA) is 37.8 Å². The predicted octanol–water partition coefficient (Wildman–Crippen LogP) is 4.13. The minimum atomic E-state index is 0.827. The SMILES string of the molecule is Brc1csc2c(NCc3cccs3)cnnc12. The van der Waals surface area contributed by atoms with Crippen molar-refractivity contribution in [2.45, 2.75) is 6.54 Å². The highest BCUT2D eigenvalue weighted by atomic mass is 79.9. The summed E-state index contributed by atoms with van der Waals surface area (Å²) in [5.74, 6) is 0. The lowest BCUT2D eigenvalue weighted by atomic mass is 10.4. The van der Waals surface area contributed by atoms with Gasteiger partial charge in [-0.2, -0.15) is 5.10 Å². The molecule has 0 aliphatic carbocycles. The molecule has 0 aliphatic heterocycles. The fourth-order valence-corrected chi connectivity index (χ4v) is 3.72. The Morgan fingerprint density at radius 3 is 3.12 bits per heavy atom. The van der Waals surface area contributed by atoms with Crippen molar-refractivity contribution in [1.29, 1.82) is 0 Å². The minimum absolute atomic E-state index is 0.827. The van der Waals surface area contributed by atoms with Gasteiger partial charge < -0.3 is 5.32 Å². The number of hydrogen-bond donors (Lipinski definition) is 1. The molecule has 3 rings (SSSR count).